The fraction of sp³-hybridized carbons (Fsp3) is 0.0833. The first-order chi connectivity index (χ1) is 8.61. The highest BCUT2D eigenvalue weighted by molar-refractivity contribution is 5.82. The second-order valence-electron chi connectivity index (χ2n) is 4.02. The molecule has 2 aromatic heterocycles. The van der Waals surface area contributed by atoms with Gasteiger partial charge in [0, 0.05) is 13.1 Å². The van der Waals surface area contributed by atoms with Crippen LogP contribution in [-0.2, 0) is 7.05 Å². The highest BCUT2D eigenvalue weighted by Crippen LogP contribution is 2.18. The van der Waals surface area contributed by atoms with Gasteiger partial charge in [-0.1, -0.05) is 12.1 Å². The highest BCUT2D eigenvalue weighted by atomic mass is 16.6. The lowest BCUT2D eigenvalue weighted by molar-refractivity contribution is -0.391. The Labute approximate surface area is 101 Å². The molecule has 3 aromatic rings. The van der Waals surface area contributed by atoms with Gasteiger partial charge in [-0.2, -0.15) is 0 Å². The topological polar surface area (TPSA) is 69.5 Å². The first-order valence-corrected chi connectivity index (χ1v) is 5.35. The van der Waals surface area contributed by atoms with Crippen molar-refractivity contribution in [3.63, 3.8) is 0 Å². The van der Waals surface area contributed by atoms with Crippen LogP contribution in [0.4, 0.5) is 5.82 Å². The average molecular weight is 243 g/mol. The summed E-state index contributed by atoms with van der Waals surface area (Å²) < 4.78 is 2.94. The number of hydrogen-bond acceptors (Lipinski definition) is 3. The Bertz CT molecular complexity index is 845. The molecule has 0 spiro atoms. The number of aromatic nitrogens is 2. The third kappa shape index (κ3) is 1.20. The van der Waals surface area contributed by atoms with Gasteiger partial charge in [-0.3, -0.25) is 4.79 Å². The molecule has 3 rings (SSSR count). The zero-order valence-electron chi connectivity index (χ0n) is 9.53. The summed E-state index contributed by atoms with van der Waals surface area (Å²) in [6.07, 6.45) is 0. The largest absolute Gasteiger partial charge is 0.358 e. The van der Waals surface area contributed by atoms with E-state index in [1.807, 2.05) is 0 Å². The van der Waals surface area contributed by atoms with Crippen molar-refractivity contribution in [3.8, 4) is 0 Å². The van der Waals surface area contributed by atoms with Gasteiger partial charge in [-0.05, 0) is 23.1 Å². The molecule has 0 fully saturated rings. The van der Waals surface area contributed by atoms with Crippen LogP contribution >= 0.6 is 0 Å². The van der Waals surface area contributed by atoms with Gasteiger partial charge in [0.15, 0.2) is 0 Å². The Morgan fingerprint density at radius 1 is 1.11 bits per heavy atom. The molecule has 6 nitrogen and oxygen atoms in total. The maximum Gasteiger partial charge on any atom is 0.347 e. The van der Waals surface area contributed by atoms with Gasteiger partial charge in [0.1, 0.15) is 0 Å². The van der Waals surface area contributed by atoms with E-state index in [0.29, 0.717) is 16.4 Å². The Balaban J connectivity index is 2.66. The third-order valence-electron chi connectivity index (χ3n) is 3.05. The number of aryl methyl sites for hydroxylation is 1. The predicted molar refractivity (Wildman–Crippen MR) is 66.8 cm³/mol. The minimum absolute atomic E-state index is 0.115. The fourth-order valence-corrected chi connectivity index (χ4v) is 2.24. The van der Waals surface area contributed by atoms with Crippen molar-refractivity contribution in [1.29, 1.82) is 0 Å². The van der Waals surface area contributed by atoms with Crippen molar-refractivity contribution < 1.29 is 4.92 Å². The first kappa shape index (κ1) is 10.5. The Kier molecular flexibility index (Phi) is 2.00. The SMILES string of the molecule is Cn1c2ccccc2c(=O)c2ccc([N+](=O)[O-])n21. The second-order valence-corrected chi connectivity index (χ2v) is 4.02. The molecule has 2 heterocycles. The molecule has 0 N–H and O–H groups in total. The molecule has 0 aliphatic heterocycles. The van der Waals surface area contributed by atoms with Crippen LogP contribution in [0.5, 0.6) is 0 Å². The number of nitro groups is 1. The lowest BCUT2D eigenvalue weighted by Gasteiger charge is -2.05. The monoisotopic (exact) mass is 243 g/mol. The van der Waals surface area contributed by atoms with Gasteiger partial charge in [0.05, 0.1) is 10.9 Å². The lowest BCUT2D eigenvalue weighted by atomic mass is 10.2. The summed E-state index contributed by atoms with van der Waals surface area (Å²) in [5.74, 6) is -0.115. The molecule has 0 saturated heterocycles. The van der Waals surface area contributed by atoms with E-state index in [4.69, 9.17) is 0 Å². The number of para-hydroxylation sites is 1. The minimum atomic E-state index is -0.499. The van der Waals surface area contributed by atoms with Crippen LogP contribution in [0.1, 0.15) is 0 Å². The lowest BCUT2D eigenvalue weighted by Crippen LogP contribution is -2.16. The summed E-state index contributed by atoms with van der Waals surface area (Å²) >= 11 is 0. The number of hydrogen-bond donors (Lipinski definition) is 0. The summed E-state index contributed by atoms with van der Waals surface area (Å²) in [5.41, 5.74) is 0.772. The molecule has 0 aliphatic rings. The Hall–Kier alpha value is -2.63. The van der Waals surface area contributed by atoms with Crippen molar-refractivity contribution in [1.82, 2.24) is 9.20 Å². The molecular formula is C12H9N3O3. The molecule has 0 bridgehead atoms. The van der Waals surface area contributed by atoms with Crippen LogP contribution < -0.4 is 5.43 Å². The molecular weight excluding hydrogens is 234 g/mol. The highest BCUT2D eigenvalue weighted by Gasteiger charge is 2.19. The Morgan fingerprint density at radius 2 is 1.83 bits per heavy atom. The predicted octanol–water partition coefficient (Wildman–Crippen LogP) is 1.70. The minimum Gasteiger partial charge on any atom is -0.358 e. The zero-order chi connectivity index (χ0) is 12.9. The third-order valence-corrected chi connectivity index (χ3v) is 3.05. The molecule has 0 radical (unpaired) electrons. The molecule has 0 unspecified atom stereocenters. The fourth-order valence-electron chi connectivity index (χ4n) is 2.24. The summed E-state index contributed by atoms with van der Waals surface area (Å²) in [4.78, 5) is 22.7. The van der Waals surface area contributed by atoms with E-state index in [9.17, 15) is 14.9 Å². The zero-order valence-corrected chi connectivity index (χ0v) is 9.53. The van der Waals surface area contributed by atoms with Gasteiger partial charge < -0.3 is 10.1 Å². The summed E-state index contributed by atoms with van der Waals surface area (Å²) in [5, 5.41) is 11.5. The average Bonchev–Trinajstić information content (AvgIpc) is 2.81. The van der Waals surface area contributed by atoms with E-state index < -0.39 is 4.92 Å². The molecule has 90 valence electrons. The van der Waals surface area contributed by atoms with Crippen LogP contribution in [-0.4, -0.2) is 14.1 Å². The van der Waals surface area contributed by atoms with E-state index in [-0.39, 0.29) is 11.2 Å². The van der Waals surface area contributed by atoms with Gasteiger partial charge in [-0.15, -0.1) is 4.52 Å². The summed E-state index contributed by atoms with van der Waals surface area (Å²) in [6.45, 7) is 0. The van der Waals surface area contributed by atoms with Crippen molar-refractivity contribution in [3.05, 3.63) is 56.7 Å². The molecule has 18 heavy (non-hydrogen) atoms. The van der Waals surface area contributed by atoms with Crippen LogP contribution in [0, 0.1) is 10.1 Å². The van der Waals surface area contributed by atoms with E-state index in [1.165, 1.54) is 16.6 Å². The molecule has 1 aromatic carbocycles. The first-order valence-electron chi connectivity index (χ1n) is 5.35. The second kappa shape index (κ2) is 3.43. The van der Waals surface area contributed by atoms with E-state index in [2.05, 4.69) is 0 Å². The van der Waals surface area contributed by atoms with Gasteiger partial charge in [0.2, 0.25) is 10.9 Å². The smallest absolute Gasteiger partial charge is 0.347 e. The van der Waals surface area contributed by atoms with Crippen molar-refractivity contribution in [2.45, 2.75) is 0 Å². The van der Waals surface area contributed by atoms with Crippen molar-refractivity contribution in [2.24, 2.45) is 7.05 Å². The standard InChI is InChI=1S/C12H9N3O3/c1-13-9-5-3-2-4-8(9)12(16)10-6-7-11(14(10)13)15(17)18/h2-7H,1H3. The molecule has 6 heteroatoms. The van der Waals surface area contributed by atoms with Crippen LogP contribution in [0.15, 0.2) is 41.2 Å². The quantitative estimate of drug-likeness (QED) is 0.482. The van der Waals surface area contributed by atoms with Gasteiger partial charge >= 0.3 is 5.82 Å². The van der Waals surface area contributed by atoms with Crippen LogP contribution in [0.2, 0.25) is 0 Å². The molecule has 0 amide bonds. The maximum atomic E-state index is 12.2. The Morgan fingerprint density at radius 3 is 2.56 bits per heavy atom. The number of fused-ring (bicyclic) bond motifs is 2. The summed E-state index contributed by atoms with van der Waals surface area (Å²) in [7, 11) is 1.70. The number of rotatable bonds is 1. The van der Waals surface area contributed by atoms with Gasteiger partial charge in [0.25, 0.3) is 0 Å². The number of benzene rings is 1. The normalized spacial score (nSPS) is 11.2. The van der Waals surface area contributed by atoms with Crippen molar-refractivity contribution >= 4 is 22.2 Å². The maximum absolute atomic E-state index is 12.2. The van der Waals surface area contributed by atoms with E-state index >= 15 is 0 Å². The number of nitrogens with zero attached hydrogens (tertiary/aromatic N) is 3. The van der Waals surface area contributed by atoms with Crippen LogP contribution in [0.25, 0.3) is 16.4 Å². The molecule has 0 aliphatic carbocycles. The van der Waals surface area contributed by atoms with Crippen LogP contribution in [0.3, 0.4) is 0 Å². The molecule has 0 atom stereocenters. The molecule has 0 saturated carbocycles. The van der Waals surface area contributed by atoms with E-state index in [1.54, 1.807) is 36.0 Å². The summed E-state index contributed by atoms with van der Waals surface area (Å²) in [6, 6.07) is 9.87. The van der Waals surface area contributed by atoms with E-state index in [0.717, 1.165) is 0 Å². The van der Waals surface area contributed by atoms with Crippen molar-refractivity contribution in [2.75, 3.05) is 0 Å². The van der Waals surface area contributed by atoms with Gasteiger partial charge in [-0.25, -0.2) is 4.68 Å².